The summed E-state index contributed by atoms with van der Waals surface area (Å²) in [5.41, 5.74) is 7.78. The van der Waals surface area contributed by atoms with Gasteiger partial charge in [-0.2, -0.15) is 0 Å². The van der Waals surface area contributed by atoms with Crippen LogP contribution in [0.4, 0.5) is 0 Å². The number of hydrogen-bond donors (Lipinski definition) is 1. The van der Waals surface area contributed by atoms with Gasteiger partial charge in [0.1, 0.15) is 0 Å². The zero-order chi connectivity index (χ0) is 12.6. The molecule has 0 aromatic carbocycles. The minimum Gasteiger partial charge on any atom is -0.378 e. The Bertz CT molecular complexity index is 412. The summed E-state index contributed by atoms with van der Waals surface area (Å²) in [6.45, 7) is 5.88. The molecule has 1 aromatic heterocycles. The van der Waals surface area contributed by atoms with E-state index in [4.69, 9.17) is 10.5 Å². The van der Waals surface area contributed by atoms with E-state index in [0.29, 0.717) is 6.10 Å². The predicted molar refractivity (Wildman–Crippen MR) is 74.9 cm³/mol. The van der Waals surface area contributed by atoms with E-state index in [1.54, 1.807) is 4.88 Å². The van der Waals surface area contributed by atoms with E-state index in [-0.39, 0.29) is 5.54 Å². The summed E-state index contributed by atoms with van der Waals surface area (Å²) < 4.78 is 5.70. The van der Waals surface area contributed by atoms with Crippen LogP contribution in [0, 0.1) is 0 Å². The van der Waals surface area contributed by atoms with Gasteiger partial charge in [-0.3, -0.25) is 4.90 Å². The number of fused-ring (bicyclic) bond motifs is 1. The number of rotatable bonds is 4. The van der Waals surface area contributed by atoms with Gasteiger partial charge in [0.05, 0.1) is 6.10 Å². The second kappa shape index (κ2) is 4.93. The van der Waals surface area contributed by atoms with Gasteiger partial charge in [0.2, 0.25) is 0 Å². The van der Waals surface area contributed by atoms with Crippen molar-refractivity contribution < 1.29 is 4.74 Å². The van der Waals surface area contributed by atoms with Gasteiger partial charge in [0.25, 0.3) is 0 Å². The smallest absolute Gasteiger partial charge is 0.0611 e. The number of ether oxygens (including phenoxy) is 1. The van der Waals surface area contributed by atoms with Crippen LogP contribution in [-0.4, -0.2) is 36.2 Å². The molecule has 18 heavy (non-hydrogen) atoms. The van der Waals surface area contributed by atoms with E-state index in [0.717, 1.165) is 39.1 Å². The summed E-state index contributed by atoms with van der Waals surface area (Å²) in [5, 5.41) is 2.22. The Labute approximate surface area is 113 Å². The Morgan fingerprint density at radius 3 is 3.11 bits per heavy atom. The lowest BCUT2D eigenvalue weighted by molar-refractivity contribution is -0.104. The molecule has 0 saturated heterocycles. The third-order valence-electron chi connectivity index (χ3n) is 4.48. The summed E-state index contributed by atoms with van der Waals surface area (Å²) in [6, 6.07) is 2.27. The molecular weight excluding hydrogens is 244 g/mol. The van der Waals surface area contributed by atoms with Crippen molar-refractivity contribution in [2.75, 3.05) is 19.7 Å². The Hall–Kier alpha value is -0.420. The van der Waals surface area contributed by atoms with Crippen LogP contribution in [0.1, 0.15) is 30.2 Å². The molecule has 1 aliphatic carbocycles. The minimum absolute atomic E-state index is 0.208. The molecule has 1 fully saturated rings. The first kappa shape index (κ1) is 12.6. The van der Waals surface area contributed by atoms with Gasteiger partial charge in [-0.05, 0) is 43.2 Å². The zero-order valence-electron chi connectivity index (χ0n) is 11.0. The number of nitrogens with two attached hydrogens (primary N) is 1. The molecule has 0 atom stereocenters. The summed E-state index contributed by atoms with van der Waals surface area (Å²) in [4.78, 5) is 4.16. The quantitative estimate of drug-likeness (QED) is 0.906. The molecular formula is C14H22N2OS. The Balaban J connectivity index is 1.68. The second-order valence-electron chi connectivity index (χ2n) is 5.45. The normalized spacial score (nSPS) is 32.0. The van der Waals surface area contributed by atoms with Crippen LogP contribution < -0.4 is 5.73 Å². The molecule has 1 aromatic rings. The molecule has 4 heteroatoms. The van der Waals surface area contributed by atoms with Crippen LogP contribution in [0.2, 0.25) is 0 Å². The van der Waals surface area contributed by atoms with Crippen molar-refractivity contribution in [3.8, 4) is 0 Å². The summed E-state index contributed by atoms with van der Waals surface area (Å²) in [6.07, 6.45) is 3.84. The van der Waals surface area contributed by atoms with Crippen molar-refractivity contribution >= 4 is 11.3 Å². The van der Waals surface area contributed by atoms with Crippen LogP contribution in [0.3, 0.4) is 0 Å². The van der Waals surface area contributed by atoms with Crippen LogP contribution in [0.5, 0.6) is 0 Å². The highest BCUT2D eigenvalue weighted by Crippen LogP contribution is 2.41. The standard InChI is InChI=1S/C14H22N2OS/c1-2-17-12-7-14(8-12,10-15)16-5-3-13-11(9-16)4-6-18-13/h4,6,12H,2-3,5,7-10,15H2,1H3. The van der Waals surface area contributed by atoms with Gasteiger partial charge in [0.15, 0.2) is 0 Å². The van der Waals surface area contributed by atoms with E-state index in [1.165, 1.54) is 12.0 Å². The number of thiophene rings is 1. The highest BCUT2D eigenvalue weighted by Gasteiger charge is 2.48. The maximum atomic E-state index is 6.06. The third-order valence-corrected chi connectivity index (χ3v) is 5.50. The van der Waals surface area contributed by atoms with Crippen LogP contribution in [0.25, 0.3) is 0 Å². The molecule has 2 heterocycles. The summed E-state index contributed by atoms with van der Waals surface area (Å²) in [7, 11) is 0. The fraction of sp³-hybridized carbons (Fsp3) is 0.714. The predicted octanol–water partition coefficient (Wildman–Crippen LogP) is 2.00. The van der Waals surface area contributed by atoms with Gasteiger partial charge in [-0.25, -0.2) is 0 Å². The van der Waals surface area contributed by atoms with Crippen molar-refractivity contribution in [1.29, 1.82) is 0 Å². The molecule has 0 spiro atoms. The Morgan fingerprint density at radius 2 is 2.39 bits per heavy atom. The maximum Gasteiger partial charge on any atom is 0.0611 e. The second-order valence-corrected chi connectivity index (χ2v) is 6.46. The molecule has 100 valence electrons. The van der Waals surface area contributed by atoms with Gasteiger partial charge in [-0.15, -0.1) is 11.3 Å². The largest absolute Gasteiger partial charge is 0.378 e. The average Bonchev–Trinajstić information content (AvgIpc) is 2.80. The van der Waals surface area contributed by atoms with Crippen LogP contribution >= 0.6 is 11.3 Å². The topological polar surface area (TPSA) is 38.5 Å². The highest BCUT2D eigenvalue weighted by molar-refractivity contribution is 7.10. The van der Waals surface area contributed by atoms with Crippen molar-refractivity contribution in [2.45, 2.75) is 44.4 Å². The fourth-order valence-corrected chi connectivity index (χ4v) is 4.24. The van der Waals surface area contributed by atoms with Gasteiger partial charge in [0, 0.05) is 36.7 Å². The van der Waals surface area contributed by atoms with Gasteiger partial charge >= 0.3 is 0 Å². The van der Waals surface area contributed by atoms with E-state index in [9.17, 15) is 0 Å². The van der Waals surface area contributed by atoms with Crippen molar-refractivity contribution in [1.82, 2.24) is 4.90 Å². The van der Waals surface area contributed by atoms with E-state index < -0.39 is 0 Å². The molecule has 3 rings (SSSR count). The molecule has 0 unspecified atom stereocenters. The Morgan fingerprint density at radius 1 is 1.56 bits per heavy atom. The van der Waals surface area contributed by atoms with E-state index in [1.807, 2.05) is 11.3 Å². The monoisotopic (exact) mass is 266 g/mol. The van der Waals surface area contributed by atoms with Crippen molar-refractivity contribution in [2.24, 2.45) is 5.73 Å². The summed E-state index contributed by atoms with van der Waals surface area (Å²) in [5.74, 6) is 0. The fourth-order valence-electron chi connectivity index (χ4n) is 3.35. The molecule has 0 bridgehead atoms. The van der Waals surface area contributed by atoms with Crippen molar-refractivity contribution in [3.05, 3.63) is 21.9 Å². The molecule has 0 amide bonds. The zero-order valence-corrected chi connectivity index (χ0v) is 11.8. The molecule has 3 nitrogen and oxygen atoms in total. The first-order valence-corrected chi connectivity index (χ1v) is 7.77. The third kappa shape index (κ3) is 2.01. The Kier molecular flexibility index (Phi) is 3.45. The van der Waals surface area contributed by atoms with Crippen LogP contribution in [-0.2, 0) is 17.7 Å². The molecule has 2 N–H and O–H groups in total. The van der Waals surface area contributed by atoms with E-state index >= 15 is 0 Å². The maximum absolute atomic E-state index is 6.06. The van der Waals surface area contributed by atoms with E-state index in [2.05, 4.69) is 23.3 Å². The number of nitrogens with zero attached hydrogens (tertiary/aromatic N) is 1. The lowest BCUT2D eigenvalue weighted by Gasteiger charge is -2.54. The first-order valence-electron chi connectivity index (χ1n) is 6.89. The molecule has 0 radical (unpaired) electrons. The molecule has 2 aliphatic rings. The van der Waals surface area contributed by atoms with Crippen LogP contribution in [0.15, 0.2) is 11.4 Å². The number of hydrogen-bond acceptors (Lipinski definition) is 4. The van der Waals surface area contributed by atoms with Gasteiger partial charge in [-0.1, -0.05) is 0 Å². The first-order chi connectivity index (χ1) is 8.77. The molecule has 1 aliphatic heterocycles. The molecule has 1 saturated carbocycles. The SMILES string of the molecule is CCOC1CC(CN)(N2CCc3sccc3C2)C1. The highest BCUT2D eigenvalue weighted by atomic mass is 32.1. The lowest BCUT2D eigenvalue weighted by Crippen LogP contribution is -2.64. The van der Waals surface area contributed by atoms with Crippen molar-refractivity contribution in [3.63, 3.8) is 0 Å². The van der Waals surface area contributed by atoms with Gasteiger partial charge < -0.3 is 10.5 Å². The minimum atomic E-state index is 0.208. The lowest BCUT2D eigenvalue weighted by atomic mass is 9.72. The summed E-state index contributed by atoms with van der Waals surface area (Å²) >= 11 is 1.90. The average molecular weight is 266 g/mol.